The van der Waals surface area contributed by atoms with Gasteiger partial charge in [-0.1, -0.05) is 26.7 Å². The second kappa shape index (κ2) is 19.7. The van der Waals surface area contributed by atoms with E-state index in [1.807, 2.05) is 36.4 Å². The zero-order valence-corrected chi connectivity index (χ0v) is 23.2. The van der Waals surface area contributed by atoms with Crippen LogP contribution in [0.25, 0.3) is 0 Å². The Labute approximate surface area is 223 Å². The molecule has 0 radical (unpaired) electrons. The van der Waals surface area contributed by atoms with E-state index in [9.17, 15) is 0 Å². The Bertz CT molecular complexity index is 786. The van der Waals surface area contributed by atoms with Gasteiger partial charge in [0.15, 0.2) is 0 Å². The molecule has 0 heterocycles. The highest BCUT2D eigenvalue weighted by molar-refractivity contribution is 5.47. The van der Waals surface area contributed by atoms with E-state index in [0.717, 1.165) is 73.0 Å². The van der Waals surface area contributed by atoms with Gasteiger partial charge in [0.2, 0.25) is 0 Å². The number of hydrogen-bond donors (Lipinski definition) is 0. The van der Waals surface area contributed by atoms with E-state index in [4.69, 9.17) is 33.2 Å². The van der Waals surface area contributed by atoms with E-state index in [0.29, 0.717) is 52.5 Å². The first-order chi connectivity index (χ1) is 18.2. The molecule has 0 spiro atoms. The van der Waals surface area contributed by atoms with Crippen LogP contribution < -0.4 is 14.2 Å². The summed E-state index contributed by atoms with van der Waals surface area (Å²) in [5.74, 6) is 3.13. The van der Waals surface area contributed by atoms with Crippen LogP contribution in [0.4, 0.5) is 0 Å². The lowest BCUT2D eigenvalue weighted by molar-refractivity contribution is 0.0476. The summed E-state index contributed by atoms with van der Waals surface area (Å²) in [6.07, 6.45) is 5.84. The van der Waals surface area contributed by atoms with Crippen molar-refractivity contribution in [3.63, 3.8) is 0 Å². The van der Waals surface area contributed by atoms with E-state index in [1.54, 1.807) is 14.2 Å². The third-order valence-electron chi connectivity index (χ3n) is 5.82. The first-order valence-electron chi connectivity index (χ1n) is 13.5. The number of ether oxygens (including phenoxy) is 7. The number of methoxy groups -OCH3 is 2. The molecule has 2 aromatic rings. The molecule has 0 aliphatic rings. The molecular formula is C30H46O7. The van der Waals surface area contributed by atoms with Crippen LogP contribution in [0, 0.1) is 0 Å². The highest BCUT2D eigenvalue weighted by Gasteiger charge is 2.12. The Balaban J connectivity index is 1.96. The van der Waals surface area contributed by atoms with Crippen LogP contribution >= 0.6 is 0 Å². The molecule has 7 nitrogen and oxygen atoms in total. The van der Waals surface area contributed by atoms with Crippen LogP contribution in [0.15, 0.2) is 36.4 Å². The Morgan fingerprint density at radius 2 is 0.919 bits per heavy atom. The van der Waals surface area contributed by atoms with Crippen molar-refractivity contribution in [1.82, 2.24) is 0 Å². The van der Waals surface area contributed by atoms with Gasteiger partial charge in [-0.15, -0.1) is 0 Å². The molecule has 0 aliphatic heterocycles. The van der Waals surface area contributed by atoms with Crippen molar-refractivity contribution in [3.05, 3.63) is 47.5 Å². The number of hydrogen-bond acceptors (Lipinski definition) is 7. The van der Waals surface area contributed by atoms with Crippen molar-refractivity contribution in [1.29, 1.82) is 0 Å². The zero-order valence-electron chi connectivity index (χ0n) is 23.2. The average Bonchev–Trinajstić information content (AvgIpc) is 2.93. The molecule has 208 valence electrons. The zero-order chi connectivity index (χ0) is 26.6. The lowest BCUT2D eigenvalue weighted by atomic mass is 10.1. The largest absolute Gasteiger partial charge is 0.497 e. The normalized spacial score (nSPS) is 11.0. The molecule has 0 saturated carbocycles. The number of rotatable bonds is 22. The maximum absolute atomic E-state index is 6.41. The summed E-state index contributed by atoms with van der Waals surface area (Å²) in [4.78, 5) is 0. The van der Waals surface area contributed by atoms with Crippen LogP contribution in [0.5, 0.6) is 23.0 Å². The number of benzene rings is 2. The van der Waals surface area contributed by atoms with Gasteiger partial charge in [-0.3, -0.25) is 0 Å². The standard InChI is InChI=1S/C30H46O7/c1-5-7-15-33-19-21-35-17-13-25-23-27(31-3)9-11-29(25)37-30-12-10-28(32-4)24-26(30)14-18-36-22-20-34-16-8-6-2/h9-12,23-24H,5-8,13-22H2,1-4H3. The first-order valence-corrected chi connectivity index (χ1v) is 13.5. The summed E-state index contributed by atoms with van der Waals surface area (Å²) in [5, 5.41) is 0. The van der Waals surface area contributed by atoms with Gasteiger partial charge in [-0.25, -0.2) is 0 Å². The predicted molar refractivity (Wildman–Crippen MR) is 147 cm³/mol. The van der Waals surface area contributed by atoms with Crippen molar-refractivity contribution in [2.45, 2.75) is 52.4 Å². The van der Waals surface area contributed by atoms with Gasteiger partial charge >= 0.3 is 0 Å². The van der Waals surface area contributed by atoms with Gasteiger partial charge in [-0.05, 0) is 62.1 Å². The van der Waals surface area contributed by atoms with Gasteiger partial charge in [-0.2, -0.15) is 0 Å². The van der Waals surface area contributed by atoms with Gasteiger partial charge < -0.3 is 33.2 Å². The fourth-order valence-corrected chi connectivity index (χ4v) is 3.57. The number of unbranched alkanes of at least 4 members (excludes halogenated alkanes) is 2. The van der Waals surface area contributed by atoms with E-state index < -0.39 is 0 Å². The lowest BCUT2D eigenvalue weighted by Gasteiger charge is -2.16. The second-order valence-electron chi connectivity index (χ2n) is 8.71. The third-order valence-corrected chi connectivity index (χ3v) is 5.82. The summed E-state index contributed by atoms with van der Waals surface area (Å²) < 4.78 is 40.0. The van der Waals surface area contributed by atoms with Crippen molar-refractivity contribution in [3.8, 4) is 23.0 Å². The fraction of sp³-hybridized carbons (Fsp3) is 0.600. The quantitative estimate of drug-likeness (QED) is 0.171. The van der Waals surface area contributed by atoms with Crippen LogP contribution in [0.3, 0.4) is 0 Å². The minimum atomic E-state index is 0.574. The molecule has 2 aromatic carbocycles. The molecule has 0 aromatic heterocycles. The van der Waals surface area contributed by atoms with Crippen molar-refractivity contribution < 1.29 is 33.2 Å². The third kappa shape index (κ3) is 12.7. The minimum Gasteiger partial charge on any atom is -0.497 e. The van der Waals surface area contributed by atoms with E-state index >= 15 is 0 Å². The summed E-state index contributed by atoms with van der Waals surface area (Å²) in [7, 11) is 3.33. The topological polar surface area (TPSA) is 64.6 Å². The van der Waals surface area contributed by atoms with Crippen LogP contribution in [0.2, 0.25) is 0 Å². The van der Waals surface area contributed by atoms with E-state index in [1.165, 1.54) is 0 Å². The van der Waals surface area contributed by atoms with Crippen molar-refractivity contribution >= 4 is 0 Å². The summed E-state index contributed by atoms with van der Waals surface area (Å²) in [6, 6.07) is 11.7. The Morgan fingerprint density at radius 3 is 1.30 bits per heavy atom. The maximum atomic E-state index is 6.41. The Morgan fingerprint density at radius 1 is 0.514 bits per heavy atom. The predicted octanol–water partition coefficient (Wildman–Crippen LogP) is 6.25. The molecule has 0 amide bonds. The monoisotopic (exact) mass is 518 g/mol. The molecule has 7 heteroatoms. The fourth-order valence-electron chi connectivity index (χ4n) is 3.57. The highest BCUT2D eigenvalue weighted by Crippen LogP contribution is 2.33. The van der Waals surface area contributed by atoms with Gasteiger partial charge in [0, 0.05) is 24.3 Å². The van der Waals surface area contributed by atoms with E-state index in [-0.39, 0.29) is 0 Å². The molecule has 0 aliphatic carbocycles. The van der Waals surface area contributed by atoms with Crippen molar-refractivity contribution in [2.24, 2.45) is 0 Å². The SMILES string of the molecule is CCCCOCCOCCc1cc(OC)ccc1Oc1ccc(OC)cc1CCOCCOCCCC. The van der Waals surface area contributed by atoms with E-state index in [2.05, 4.69) is 13.8 Å². The maximum Gasteiger partial charge on any atom is 0.130 e. The molecular weight excluding hydrogens is 472 g/mol. The van der Waals surface area contributed by atoms with Gasteiger partial charge in [0.05, 0.1) is 53.9 Å². The molecule has 0 bridgehead atoms. The molecule has 0 saturated heterocycles. The smallest absolute Gasteiger partial charge is 0.130 e. The molecule has 37 heavy (non-hydrogen) atoms. The Kier molecular flexibility index (Phi) is 16.5. The molecule has 2 rings (SSSR count). The second-order valence-corrected chi connectivity index (χ2v) is 8.71. The Hall–Kier alpha value is -2.32. The van der Waals surface area contributed by atoms with Gasteiger partial charge in [0.1, 0.15) is 23.0 Å². The van der Waals surface area contributed by atoms with Gasteiger partial charge in [0.25, 0.3) is 0 Å². The summed E-state index contributed by atoms with van der Waals surface area (Å²) in [6.45, 7) is 9.42. The average molecular weight is 519 g/mol. The van der Waals surface area contributed by atoms with Crippen LogP contribution in [-0.2, 0) is 31.8 Å². The molecule has 0 unspecified atom stereocenters. The first kappa shape index (κ1) is 30.9. The highest BCUT2D eigenvalue weighted by atomic mass is 16.5. The minimum absolute atomic E-state index is 0.574. The molecule has 0 atom stereocenters. The molecule has 0 fully saturated rings. The molecule has 0 N–H and O–H groups in total. The van der Waals surface area contributed by atoms with Crippen molar-refractivity contribution in [2.75, 3.05) is 67.1 Å². The summed E-state index contributed by atoms with van der Waals surface area (Å²) >= 11 is 0. The summed E-state index contributed by atoms with van der Waals surface area (Å²) in [5.41, 5.74) is 2.04. The van der Waals surface area contributed by atoms with Crippen LogP contribution in [-0.4, -0.2) is 67.1 Å². The lowest BCUT2D eigenvalue weighted by Crippen LogP contribution is -2.08. The van der Waals surface area contributed by atoms with Crippen LogP contribution in [0.1, 0.15) is 50.7 Å².